The molecule has 2 aliphatic rings. The van der Waals surface area contributed by atoms with E-state index in [-0.39, 0.29) is 0 Å². The first kappa shape index (κ1) is 17.0. The van der Waals surface area contributed by atoms with Crippen molar-refractivity contribution in [2.45, 2.75) is 75.3 Å². The molecule has 2 heterocycles. The molecule has 2 rings (SSSR count). The molecule has 0 aromatic rings. The van der Waals surface area contributed by atoms with Crippen molar-refractivity contribution in [3.05, 3.63) is 0 Å². The van der Waals surface area contributed by atoms with Crippen LogP contribution in [0, 0.1) is 0 Å². The zero-order valence-corrected chi connectivity index (χ0v) is 11.7. The molecule has 0 saturated carbocycles. The Morgan fingerprint density at radius 1 is 0.667 bits per heavy atom. The molecule has 0 radical (unpaired) electrons. The van der Waals surface area contributed by atoms with Crippen LogP contribution in [-0.2, 0) is 14.2 Å². The summed E-state index contributed by atoms with van der Waals surface area (Å²) in [5.41, 5.74) is 0. The van der Waals surface area contributed by atoms with Gasteiger partial charge in [0.05, 0.1) is 12.2 Å². The fraction of sp³-hybridized carbons (Fsp3) is 1.00. The summed E-state index contributed by atoms with van der Waals surface area (Å²) in [5, 5.41) is 58.0. The van der Waals surface area contributed by atoms with Crippen molar-refractivity contribution in [1.82, 2.24) is 0 Å². The van der Waals surface area contributed by atoms with Crippen LogP contribution < -0.4 is 0 Å². The summed E-state index contributed by atoms with van der Waals surface area (Å²) < 4.78 is 15.6. The van der Waals surface area contributed by atoms with Crippen molar-refractivity contribution >= 4 is 0 Å². The number of ether oxygens (including phenoxy) is 3. The number of aliphatic hydroxyl groups excluding tert-OH is 6. The van der Waals surface area contributed by atoms with Gasteiger partial charge in [-0.3, -0.25) is 0 Å². The van der Waals surface area contributed by atoms with Gasteiger partial charge < -0.3 is 44.8 Å². The normalized spacial score (nSPS) is 55.4. The first-order valence-corrected chi connectivity index (χ1v) is 6.78. The van der Waals surface area contributed by atoms with Crippen LogP contribution in [0.5, 0.6) is 0 Å². The predicted molar refractivity (Wildman–Crippen MR) is 65.8 cm³/mol. The second kappa shape index (κ2) is 6.41. The Bertz CT molecular complexity index is 354. The van der Waals surface area contributed by atoms with Crippen LogP contribution in [0.25, 0.3) is 0 Å². The molecule has 0 aromatic carbocycles. The first-order valence-electron chi connectivity index (χ1n) is 6.78. The highest BCUT2D eigenvalue weighted by Gasteiger charge is 2.48. The van der Waals surface area contributed by atoms with Crippen LogP contribution in [0.2, 0.25) is 0 Å². The molecule has 21 heavy (non-hydrogen) atoms. The first-order chi connectivity index (χ1) is 9.73. The van der Waals surface area contributed by atoms with Gasteiger partial charge in [-0.05, 0) is 13.8 Å². The molecule has 0 aromatic heterocycles. The van der Waals surface area contributed by atoms with E-state index in [1.165, 1.54) is 13.8 Å². The van der Waals surface area contributed by atoms with Crippen molar-refractivity contribution < 1.29 is 44.8 Å². The lowest BCUT2D eigenvalue weighted by molar-refractivity contribution is -0.348. The monoisotopic (exact) mass is 310 g/mol. The Balaban J connectivity index is 2.06. The highest BCUT2D eigenvalue weighted by molar-refractivity contribution is 4.91. The lowest BCUT2D eigenvalue weighted by atomic mass is 9.98. The van der Waals surface area contributed by atoms with Crippen LogP contribution in [0.4, 0.5) is 0 Å². The minimum atomic E-state index is -1.57. The fourth-order valence-corrected chi connectivity index (χ4v) is 2.49. The highest BCUT2D eigenvalue weighted by Crippen LogP contribution is 2.28. The fourth-order valence-electron chi connectivity index (χ4n) is 2.49. The van der Waals surface area contributed by atoms with Gasteiger partial charge >= 0.3 is 0 Å². The smallest absolute Gasteiger partial charge is 0.187 e. The van der Waals surface area contributed by atoms with Crippen LogP contribution in [0.15, 0.2) is 0 Å². The highest BCUT2D eigenvalue weighted by atomic mass is 16.7. The van der Waals surface area contributed by atoms with E-state index in [9.17, 15) is 30.6 Å². The van der Waals surface area contributed by atoms with E-state index >= 15 is 0 Å². The van der Waals surface area contributed by atoms with Crippen LogP contribution in [0.1, 0.15) is 13.8 Å². The Hall–Kier alpha value is -0.360. The average molecular weight is 310 g/mol. The molecular formula is C12H22O9. The maximum Gasteiger partial charge on any atom is 0.187 e. The Morgan fingerprint density at radius 3 is 1.90 bits per heavy atom. The van der Waals surface area contributed by atoms with E-state index in [0.717, 1.165) is 0 Å². The molecule has 9 heteroatoms. The summed E-state index contributed by atoms with van der Waals surface area (Å²) in [4.78, 5) is 0. The van der Waals surface area contributed by atoms with Crippen molar-refractivity contribution in [3.63, 3.8) is 0 Å². The van der Waals surface area contributed by atoms with Crippen LogP contribution in [0.3, 0.4) is 0 Å². The van der Waals surface area contributed by atoms with E-state index in [1.807, 2.05) is 0 Å². The summed E-state index contributed by atoms with van der Waals surface area (Å²) >= 11 is 0. The van der Waals surface area contributed by atoms with Crippen LogP contribution >= 0.6 is 0 Å². The van der Waals surface area contributed by atoms with E-state index in [1.54, 1.807) is 0 Å². The second-order valence-electron chi connectivity index (χ2n) is 5.50. The predicted octanol–water partition coefficient (Wildman–Crippen LogP) is -3.34. The molecule has 6 N–H and O–H groups in total. The van der Waals surface area contributed by atoms with Crippen molar-refractivity contribution in [1.29, 1.82) is 0 Å². The van der Waals surface area contributed by atoms with Gasteiger partial charge in [-0.1, -0.05) is 0 Å². The minimum absolute atomic E-state index is 0.784. The Labute approximate surface area is 121 Å². The summed E-state index contributed by atoms with van der Waals surface area (Å²) in [5.74, 6) is 0. The molecule has 2 fully saturated rings. The maximum absolute atomic E-state index is 9.91. The van der Waals surface area contributed by atoms with Crippen molar-refractivity contribution in [3.8, 4) is 0 Å². The van der Waals surface area contributed by atoms with E-state index in [0.29, 0.717) is 0 Å². The third kappa shape index (κ3) is 3.21. The van der Waals surface area contributed by atoms with Gasteiger partial charge in [-0.25, -0.2) is 0 Å². The molecule has 10 atom stereocenters. The summed E-state index contributed by atoms with van der Waals surface area (Å²) in [7, 11) is 0. The van der Waals surface area contributed by atoms with Gasteiger partial charge in [0.15, 0.2) is 12.6 Å². The zero-order valence-electron chi connectivity index (χ0n) is 11.7. The summed E-state index contributed by atoms with van der Waals surface area (Å²) in [6.45, 7) is 3.00. The molecule has 2 saturated heterocycles. The molecule has 124 valence electrons. The molecule has 9 nitrogen and oxygen atoms in total. The topological polar surface area (TPSA) is 149 Å². The van der Waals surface area contributed by atoms with Gasteiger partial charge in [-0.15, -0.1) is 0 Å². The van der Waals surface area contributed by atoms with Gasteiger partial charge in [0.25, 0.3) is 0 Å². The van der Waals surface area contributed by atoms with E-state index < -0.39 is 61.4 Å². The quantitative estimate of drug-likeness (QED) is 0.308. The number of aliphatic hydroxyl groups is 6. The zero-order chi connectivity index (χ0) is 15.9. The van der Waals surface area contributed by atoms with Gasteiger partial charge in [0.1, 0.15) is 36.6 Å². The van der Waals surface area contributed by atoms with Gasteiger partial charge in [-0.2, -0.15) is 0 Å². The van der Waals surface area contributed by atoms with E-state index in [2.05, 4.69) is 0 Å². The largest absolute Gasteiger partial charge is 0.388 e. The summed E-state index contributed by atoms with van der Waals surface area (Å²) in [6.07, 6.45) is -12.8. The second-order valence-corrected chi connectivity index (χ2v) is 5.50. The standard InChI is InChI=1S/C12H22O9/c1-3-5(13)6(14)9(17)12(20-3)21-10-4(2)19-11(18)8(16)7(10)15/h3-18H,1-2H3/t3-,4-,5-,6+,7-,8-,9+,10+,11+,12-/m0/s1. The Morgan fingerprint density at radius 2 is 1.29 bits per heavy atom. The maximum atomic E-state index is 9.91. The number of hydrogen-bond donors (Lipinski definition) is 6. The third-order valence-corrected chi connectivity index (χ3v) is 3.90. The SMILES string of the molecule is C[C@@H]1O[C@@H](O[C@H]2[C@@H](O)[C@H](O)[C@H](O)O[C@H]2C)[C@H](O)[C@H](O)[C@H]1O. The van der Waals surface area contributed by atoms with Crippen LogP contribution in [-0.4, -0.2) is 92.1 Å². The number of hydrogen-bond acceptors (Lipinski definition) is 9. The molecule has 0 amide bonds. The third-order valence-electron chi connectivity index (χ3n) is 3.90. The van der Waals surface area contributed by atoms with Crippen molar-refractivity contribution in [2.24, 2.45) is 0 Å². The average Bonchev–Trinajstić information content (AvgIpc) is 2.44. The number of rotatable bonds is 2. The lowest BCUT2D eigenvalue weighted by Gasteiger charge is -2.44. The molecule has 0 aliphatic carbocycles. The molecule has 0 unspecified atom stereocenters. The van der Waals surface area contributed by atoms with Gasteiger partial charge in [0, 0.05) is 0 Å². The molecular weight excluding hydrogens is 288 g/mol. The van der Waals surface area contributed by atoms with Crippen molar-refractivity contribution in [2.75, 3.05) is 0 Å². The van der Waals surface area contributed by atoms with E-state index in [4.69, 9.17) is 14.2 Å². The minimum Gasteiger partial charge on any atom is -0.388 e. The Kier molecular flexibility index (Phi) is 5.19. The summed E-state index contributed by atoms with van der Waals surface area (Å²) in [6, 6.07) is 0. The molecule has 0 bridgehead atoms. The lowest BCUT2D eigenvalue weighted by Crippen LogP contribution is -2.62. The molecule has 2 aliphatic heterocycles. The molecule has 0 spiro atoms. The van der Waals surface area contributed by atoms with Gasteiger partial charge in [0.2, 0.25) is 0 Å².